The molecule has 1 amide bonds. The van der Waals surface area contributed by atoms with E-state index in [-0.39, 0.29) is 11.8 Å². The first-order chi connectivity index (χ1) is 15.0. The molecule has 3 aromatic rings. The molecule has 1 aliphatic rings. The van der Waals surface area contributed by atoms with Crippen molar-refractivity contribution in [1.29, 1.82) is 0 Å². The molecular formula is C24H29N5O2. The van der Waals surface area contributed by atoms with E-state index < -0.39 is 0 Å². The van der Waals surface area contributed by atoms with Crippen molar-refractivity contribution in [3.8, 4) is 11.3 Å². The van der Waals surface area contributed by atoms with E-state index in [2.05, 4.69) is 34.3 Å². The lowest BCUT2D eigenvalue weighted by Crippen LogP contribution is -2.31. The normalized spacial score (nSPS) is 18.8. The van der Waals surface area contributed by atoms with Crippen LogP contribution in [0.5, 0.6) is 0 Å². The molecule has 1 aliphatic carbocycles. The molecule has 4 rings (SSSR count). The van der Waals surface area contributed by atoms with Gasteiger partial charge in [-0.1, -0.05) is 19.0 Å². The average molecular weight is 420 g/mol. The lowest BCUT2D eigenvalue weighted by molar-refractivity contribution is 0.0942. The number of rotatable bonds is 6. The number of carbonyl (C=O) groups is 1. The fourth-order valence-electron chi connectivity index (χ4n) is 4.16. The van der Waals surface area contributed by atoms with Gasteiger partial charge in [-0.15, -0.1) is 0 Å². The first-order valence-corrected chi connectivity index (χ1v) is 11.0. The number of aryl methyl sites for hydroxylation is 1. The molecule has 0 bridgehead atoms. The van der Waals surface area contributed by atoms with Gasteiger partial charge in [0.15, 0.2) is 5.76 Å². The maximum Gasteiger partial charge on any atom is 0.251 e. The topological polar surface area (TPSA) is 93.8 Å². The zero-order chi connectivity index (χ0) is 21.8. The van der Waals surface area contributed by atoms with E-state index in [1.54, 1.807) is 24.5 Å². The third-order valence-electron chi connectivity index (χ3n) is 5.97. The summed E-state index contributed by atoms with van der Waals surface area (Å²) in [6.07, 6.45) is 9.34. The monoisotopic (exact) mass is 419 g/mol. The summed E-state index contributed by atoms with van der Waals surface area (Å²) in [6, 6.07) is 5.41. The Hall–Kier alpha value is -3.09. The Morgan fingerprint density at radius 1 is 1.19 bits per heavy atom. The first kappa shape index (κ1) is 21.2. The Labute approximate surface area is 182 Å². The van der Waals surface area contributed by atoms with E-state index in [9.17, 15) is 4.79 Å². The van der Waals surface area contributed by atoms with Crippen LogP contribution in [0, 0.1) is 12.8 Å². The molecule has 0 aromatic carbocycles. The molecule has 0 unspecified atom stereocenters. The highest BCUT2D eigenvalue weighted by molar-refractivity contribution is 5.93. The van der Waals surface area contributed by atoms with Gasteiger partial charge in [0.2, 0.25) is 0 Å². The Morgan fingerprint density at radius 3 is 2.58 bits per heavy atom. The molecule has 0 radical (unpaired) electrons. The van der Waals surface area contributed by atoms with Crippen LogP contribution in [0.3, 0.4) is 0 Å². The van der Waals surface area contributed by atoms with Crippen LogP contribution >= 0.6 is 0 Å². The van der Waals surface area contributed by atoms with Crippen LogP contribution in [0.15, 0.2) is 41.3 Å². The van der Waals surface area contributed by atoms with Crippen LogP contribution < -0.4 is 5.32 Å². The molecule has 0 atom stereocenters. The molecule has 162 valence electrons. The highest BCUT2D eigenvalue weighted by Gasteiger charge is 2.27. The standard InChI is InChI=1S/C24H29N5O2/c1-15(2)23-26-14-20(21-12-16(3)29-31-21)22(28-23)18-6-4-17(5-7-18)13-27-24(30)19-8-10-25-11-9-19/h8-12,14-15,17-18H,4-7,13H2,1-3H3,(H,27,30). The number of aromatic nitrogens is 4. The number of nitrogens with zero attached hydrogens (tertiary/aromatic N) is 4. The summed E-state index contributed by atoms with van der Waals surface area (Å²) in [5.74, 6) is 2.66. The summed E-state index contributed by atoms with van der Waals surface area (Å²) in [5, 5.41) is 7.11. The predicted octanol–water partition coefficient (Wildman–Crippen LogP) is 4.66. The lowest BCUT2D eigenvalue weighted by Gasteiger charge is -2.29. The fourth-order valence-corrected chi connectivity index (χ4v) is 4.16. The van der Waals surface area contributed by atoms with Crippen molar-refractivity contribution < 1.29 is 9.32 Å². The molecule has 0 spiro atoms. The number of pyridine rings is 1. The maximum absolute atomic E-state index is 12.3. The van der Waals surface area contributed by atoms with Gasteiger partial charge in [0, 0.05) is 48.6 Å². The Bertz CT molecular complexity index is 1020. The van der Waals surface area contributed by atoms with Crippen LogP contribution in [0.2, 0.25) is 0 Å². The number of hydrogen-bond donors (Lipinski definition) is 1. The van der Waals surface area contributed by atoms with Gasteiger partial charge < -0.3 is 9.84 Å². The molecule has 0 aliphatic heterocycles. The van der Waals surface area contributed by atoms with Crippen LogP contribution in [-0.2, 0) is 0 Å². The van der Waals surface area contributed by atoms with Crippen molar-refractivity contribution in [2.75, 3.05) is 6.54 Å². The van der Waals surface area contributed by atoms with Gasteiger partial charge in [-0.2, -0.15) is 0 Å². The Balaban J connectivity index is 1.43. The molecule has 31 heavy (non-hydrogen) atoms. The van der Waals surface area contributed by atoms with E-state index >= 15 is 0 Å². The second kappa shape index (κ2) is 9.37. The van der Waals surface area contributed by atoms with Crippen molar-refractivity contribution in [3.63, 3.8) is 0 Å². The highest BCUT2D eigenvalue weighted by atomic mass is 16.5. The minimum atomic E-state index is -0.0372. The van der Waals surface area contributed by atoms with E-state index in [0.29, 0.717) is 23.9 Å². The predicted molar refractivity (Wildman–Crippen MR) is 118 cm³/mol. The van der Waals surface area contributed by atoms with E-state index in [1.165, 1.54) is 0 Å². The lowest BCUT2D eigenvalue weighted by atomic mass is 9.79. The summed E-state index contributed by atoms with van der Waals surface area (Å²) in [5.41, 5.74) is 3.51. The van der Waals surface area contributed by atoms with Gasteiger partial charge in [-0.25, -0.2) is 9.97 Å². The number of hydrogen-bond acceptors (Lipinski definition) is 6. The van der Waals surface area contributed by atoms with Gasteiger partial charge in [0.25, 0.3) is 5.91 Å². The molecule has 1 N–H and O–H groups in total. The molecule has 0 saturated heterocycles. The number of carbonyl (C=O) groups excluding carboxylic acids is 1. The smallest absolute Gasteiger partial charge is 0.251 e. The summed E-state index contributed by atoms with van der Waals surface area (Å²) < 4.78 is 5.53. The van der Waals surface area contributed by atoms with Crippen molar-refractivity contribution in [2.45, 2.75) is 58.3 Å². The third kappa shape index (κ3) is 4.98. The van der Waals surface area contributed by atoms with Crippen LogP contribution in [-0.4, -0.2) is 32.6 Å². The van der Waals surface area contributed by atoms with Gasteiger partial charge in [0.1, 0.15) is 5.82 Å². The Morgan fingerprint density at radius 2 is 1.94 bits per heavy atom. The molecule has 1 fully saturated rings. The van der Waals surface area contributed by atoms with E-state index in [0.717, 1.165) is 54.2 Å². The number of nitrogens with one attached hydrogen (secondary N) is 1. The van der Waals surface area contributed by atoms with Crippen molar-refractivity contribution >= 4 is 5.91 Å². The van der Waals surface area contributed by atoms with Crippen molar-refractivity contribution in [2.24, 2.45) is 5.92 Å². The summed E-state index contributed by atoms with van der Waals surface area (Å²) >= 11 is 0. The second-order valence-electron chi connectivity index (χ2n) is 8.68. The molecule has 1 saturated carbocycles. The van der Waals surface area contributed by atoms with Crippen molar-refractivity contribution in [3.05, 3.63) is 59.6 Å². The average Bonchev–Trinajstić information content (AvgIpc) is 3.24. The summed E-state index contributed by atoms with van der Waals surface area (Å²) in [6.45, 7) is 6.84. The SMILES string of the molecule is Cc1cc(-c2cnc(C(C)C)nc2C2CCC(CNC(=O)c3ccncc3)CC2)on1. The molecule has 7 nitrogen and oxygen atoms in total. The maximum atomic E-state index is 12.3. The highest BCUT2D eigenvalue weighted by Crippen LogP contribution is 2.39. The minimum Gasteiger partial charge on any atom is -0.356 e. The molecular weight excluding hydrogens is 390 g/mol. The van der Waals surface area contributed by atoms with Gasteiger partial charge in [0.05, 0.1) is 17.0 Å². The molecule has 3 aromatic heterocycles. The van der Waals surface area contributed by atoms with Gasteiger partial charge >= 0.3 is 0 Å². The fraction of sp³-hybridized carbons (Fsp3) is 0.458. The molecule has 3 heterocycles. The second-order valence-corrected chi connectivity index (χ2v) is 8.68. The number of amides is 1. The third-order valence-corrected chi connectivity index (χ3v) is 5.97. The molecule has 7 heteroatoms. The summed E-state index contributed by atoms with van der Waals surface area (Å²) in [4.78, 5) is 25.8. The van der Waals surface area contributed by atoms with Gasteiger partial charge in [-0.3, -0.25) is 9.78 Å². The van der Waals surface area contributed by atoms with Crippen LogP contribution in [0.25, 0.3) is 11.3 Å². The quantitative estimate of drug-likeness (QED) is 0.624. The Kier molecular flexibility index (Phi) is 6.39. The van der Waals surface area contributed by atoms with Gasteiger partial charge in [-0.05, 0) is 50.7 Å². The van der Waals surface area contributed by atoms with E-state index in [4.69, 9.17) is 9.51 Å². The minimum absolute atomic E-state index is 0.0372. The van der Waals surface area contributed by atoms with Crippen LogP contribution in [0.4, 0.5) is 0 Å². The zero-order valence-electron chi connectivity index (χ0n) is 18.3. The van der Waals surface area contributed by atoms with E-state index in [1.807, 2.05) is 19.2 Å². The zero-order valence-corrected chi connectivity index (χ0v) is 18.3. The van der Waals surface area contributed by atoms with Crippen molar-refractivity contribution in [1.82, 2.24) is 25.4 Å². The van der Waals surface area contributed by atoms with Crippen LogP contribution in [0.1, 0.15) is 78.9 Å². The summed E-state index contributed by atoms with van der Waals surface area (Å²) in [7, 11) is 0. The largest absolute Gasteiger partial charge is 0.356 e. The first-order valence-electron chi connectivity index (χ1n) is 11.0.